The van der Waals surface area contributed by atoms with E-state index in [1.54, 1.807) is 12.1 Å². The molecule has 2 aromatic carbocycles. The Balaban J connectivity index is 1.41. The summed E-state index contributed by atoms with van der Waals surface area (Å²) in [6, 6.07) is 14.0. The number of Topliss-reactive ketones (excluding diaryl/α,β-unsaturated/α-hetero) is 1. The molecule has 0 bridgehead atoms. The monoisotopic (exact) mass is 450 g/mol. The van der Waals surface area contributed by atoms with Crippen molar-refractivity contribution in [2.75, 3.05) is 12.4 Å². The number of nitrogens with zero attached hydrogens (tertiary/aromatic N) is 3. The number of carbonyl (C=O) groups excluding carboxylic acids is 1. The van der Waals surface area contributed by atoms with Gasteiger partial charge in [0.05, 0.1) is 18.4 Å². The largest absolute Gasteiger partial charge is 0.376 e. The van der Waals surface area contributed by atoms with Crippen LogP contribution in [-0.4, -0.2) is 44.0 Å². The Bertz CT molecular complexity index is 1260. The lowest BCUT2D eigenvalue weighted by molar-refractivity contribution is 0.0953. The molecule has 1 aliphatic rings. The topological polar surface area (TPSA) is 72.8 Å². The molecule has 5 rings (SSSR count). The third-order valence-electron chi connectivity index (χ3n) is 5.73. The zero-order chi connectivity index (χ0) is 22.1. The third kappa shape index (κ3) is 4.08. The van der Waals surface area contributed by atoms with Crippen molar-refractivity contribution in [1.29, 1.82) is 0 Å². The van der Waals surface area contributed by atoms with Crippen molar-refractivity contribution in [3.63, 3.8) is 0 Å². The van der Waals surface area contributed by atoms with Crippen molar-refractivity contribution >= 4 is 28.4 Å². The van der Waals surface area contributed by atoms with Crippen LogP contribution < -0.4 is 0 Å². The first kappa shape index (κ1) is 20.9. The predicted molar refractivity (Wildman–Crippen MR) is 122 cm³/mol. The normalized spacial score (nSPS) is 16.1. The SMILES string of the molecule is Cc1[nH]c2ccccc2c1C(=O)CSc1nnc(-c2ccc(F)cc2)n1CC1CCCO1. The highest BCUT2D eigenvalue weighted by atomic mass is 32.2. The molecule has 2 aromatic heterocycles. The molecule has 1 unspecified atom stereocenters. The quantitative estimate of drug-likeness (QED) is 0.316. The number of fused-ring (bicyclic) bond motifs is 1. The lowest BCUT2D eigenvalue weighted by Gasteiger charge is -2.14. The first-order chi connectivity index (χ1) is 15.6. The first-order valence-corrected chi connectivity index (χ1v) is 11.6. The summed E-state index contributed by atoms with van der Waals surface area (Å²) in [5.41, 5.74) is 3.32. The number of hydrogen-bond donors (Lipinski definition) is 1. The van der Waals surface area contributed by atoms with E-state index in [1.165, 1.54) is 23.9 Å². The lowest BCUT2D eigenvalue weighted by Crippen LogP contribution is -2.17. The van der Waals surface area contributed by atoms with Crippen molar-refractivity contribution in [2.24, 2.45) is 0 Å². The summed E-state index contributed by atoms with van der Waals surface area (Å²) in [5.74, 6) is 0.641. The highest BCUT2D eigenvalue weighted by molar-refractivity contribution is 7.99. The number of benzene rings is 2. The van der Waals surface area contributed by atoms with Crippen LogP contribution >= 0.6 is 11.8 Å². The highest BCUT2D eigenvalue weighted by Crippen LogP contribution is 2.29. The zero-order valence-electron chi connectivity index (χ0n) is 17.7. The van der Waals surface area contributed by atoms with Gasteiger partial charge in [0.15, 0.2) is 16.8 Å². The van der Waals surface area contributed by atoms with Crippen LogP contribution in [0.2, 0.25) is 0 Å². The number of halogens is 1. The van der Waals surface area contributed by atoms with Crippen molar-refractivity contribution < 1.29 is 13.9 Å². The number of carbonyl (C=O) groups is 1. The molecule has 0 spiro atoms. The molecular formula is C24H23FN4O2S. The Morgan fingerprint density at radius 2 is 2.03 bits per heavy atom. The van der Waals surface area contributed by atoms with Crippen molar-refractivity contribution in [2.45, 2.75) is 37.6 Å². The summed E-state index contributed by atoms with van der Waals surface area (Å²) in [7, 11) is 0. The van der Waals surface area contributed by atoms with Gasteiger partial charge in [-0.1, -0.05) is 30.0 Å². The molecule has 4 aromatic rings. The Labute approximate surface area is 189 Å². The summed E-state index contributed by atoms with van der Waals surface area (Å²) in [4.78, 5) is 16.4. The number of para-hydroxylation sites is 1. The number of aryl methyl sites for hydroxylation is 1. The van der Waals surface area contributed by atoms with Gasteiger partial charge in [0, 0.05) is 34.3 Å². The summed E-state index contributed by atoms with van der Waals surface area (Å²) < 4.78 is 21.2. The van der Waals surface area contributed by atoms with Crippen LogP contribution in [0.3, 0.4) is 0 Å². The molecule has 1 atom stereocenters. The van der Waals surface area contributed by atoms with Crippen LogP contribution in [0, 0.1) is 12.7 Å². The first-order valence-electron chi connectivity index (χ1n) is 10.6. The van der Waals surface area contributed by atoms with Gasteiger partial charge in [-0.25, -0.2) is 4.39 Å². The molecule has 0 aliphatic carbocycles. The fourth-order valence-electron chi connectivity index (χ4n) is 4.20. The fourth-order valence-corrected chi connectivity index (χ4v) is 5.02. The van der Waals surface area contributed by atoms with E-state index in [4.69, 9.17) is 4.74 Å². The van der Waals surface area contributed by atoms with Gasteiger partial charge < -0.3 is 9.72 Å². The van der Waals surface area contributed by atoms with E-state index in [-0.39, 0.29) is 23.5 Å². The molecular weight excluding hydrogens is 427 g/mol. The predicted octanol–water partition coefficient (Wildman–Crippen LogP) is 5.03. The number of ether oxygens (including phenoxy) is 1. The molecule has 0 saturated carbocycles. The number of nitrogens with one attached hydrogen (secondary N) is 1. The number of H-pyrrole nitrogens is 1. The number of ketones is 1. The van der Waals surface area contributed by atoms with Gasteiger partial charge >= 0.3 is 0 Å². The smallest absolute Gasteiger partial charge is 0.192 e. The fraction of sp³-hybridized carbons (Fsp3) is 0.292. The second-order valence-corrected chi connectivity index (χ2v) is 8.88. The van der Waals surface area contributed by atoms with E-state index in [0.717, 1.165) is 47.2 Å². The van der Waals surface area contributed by atoms with Crippen LogP contribution in [0.4, 0.5) is 4.39 Å². The van der Waals surface area contributed by atoms with Crippen molar-refractivity contribution in [3.05, 3.63) is 65.6 Å². The minimum Gasteiger partial charge on any atom is -0.376 e. The van der Waals surface area contributed by atoms with E-state index < -0.39 is 0 Å². The van der Waals surface area contributed by atoms with E-state index >= 15 is 0 Å². The maximum Gasteiger partial charge on any atom is 0.192 e. The van der Waals surface area contributed by atoms with Gasteiger partial charge in [0.25, 0.3) is 0 Å². The van der Waals surface area contributed by atoms with Gasteiger partial charge in [0.1, 0.15) is 5.82 Å². The van der Waals surface area contributed by atoms with Crippen LogP contribution in [0.25, 0.3) is 22.3 Å². The molecule has 1 N–H and O–H groups in total. The summed E-state index contributed by atoms with van der Waals surface area (Å²) in [6.45, 7) is 3.27. The number of aromatic amines is 1. The third-order valence-corrected chi connectivity index (χ3v) is 6.70. The van der Waals surface area contributed by atoms with Gasteiger partial charge in [0.2, 0.25) is 0 Å². The maximum atomic E-state index is 13.4. The van der Waals surface area contributed by atoms with E-state index in [2.05, 4.69) is 15.2 Å². The molecule has 8 heteroatoms. The van der Waals surface area contributed by atoms with Crippen molar-refractivity contribution in [1.82, 2.24) is 19.7 Å². The van der Waals surface area contributed by atoms with Crippen LogP contribution in [-0.2, 0) is 11.3 Å². The van der Waals surface area contributed by atoms with Gasteiger partial charge in [-0.05, 0) is 50.1 Å². The average molecular weight is 451 g/mol. The number of rotatable bonds is 7. The van der Waals surface area contributed by atoms with Crippen LogP contribution in [0.5, 0.6) is 0 Å². The zero-order valence-corrected chi connectivity index (χ0v) is 18.5. The second kappa shape index (κ2) is 8.88. The second-order valence-electron chi connectivity index (χ2n) is 7.94. The molecule has 1 fully saturated rings. The summed E-state index contributed by atoms with van der Waals surface area (Å²) in [5, 5.41) is 10.3. The van der Waals surface area contributed by atoms with Gasteiger partial charge in [-0.15, -0.1) is 10.2 Å². The number of thioether (sulfide) groups is 1. The molecule has 164 valence electrons. The lowest BCUT2D eigenvalue weighted by atomic mass is 10.1. The molecule has 32 heavy (non-hydrogen) atoms. The van der Waals surface area contributed by atoms with E-state index in [0.29, 0.717) is 17.5 Å². The standard InChI is InChI=1S/C24H23FN4O2S/c1-15-22(19-6-2-3-7-20(19)26-15)21(30)14-32-24-28-27-23(16-8-10-17(25)11-9-16)29(24)13-18-5-4-12-31-18/h2-3,6-11,18,26H,4-5,12-14H2,1H3. The molecule has 1 saturated heterocycles. The van der Waals surface area contributed by atoms with Crippen molar-refractivity contribution in [3.8, 4) is 11.4 Å². The average Bonchev–Trinajstić information content (AvgIpc) is 3.52. The van der Waals surface area contributed by atoms with Crippen LogP contribution in [0.1, 0.15) is 28.9 Å². The van der Waals surface area contributed by atoms with E-state index in [1.807, 2.05) is 35.8 Å². The minimum absolute atomic E-state index is 0.0416. The molecule has 6 nitrogen and oxygen atoms in total. The number of hydrogen-bond acceptors (Lipinski definition) is 5. The van der Waals surface area contributed by atoms with Gasteiger partial charge in [-0.2, -0.15) is 0 Å². The van der Waals surface area contributed by atoms with E-state index in [9.17, 15) is 9.18 Å². The molecule has 1 aliphatic heterocycles. The minimum atomic E-state index is -0.298. The highest BCUT2D eigenvalue weighted by Gasteiger charge is 2.23. The Morgan fingerprint density at radius 1 is 1.22 bits per heavy atom. The molecule has 0 radical (unpaired) electrons. The Kier molecular flexibility index (Phi) is 5.80. The Hall–Kier alpha value is -2.97. The summed E-state index contributed by atoms with van der Waals surface area (Å²) >= 11 is 1.37. The molecule has 3 heterocycles. The Morgan fingerprint density at radius 3 is 2.81 bits per heavy atom. The summed E-state index contributed by atoms with van der Waals surface area (Å²) in [6.07, 6.45) is 2.08. The maximum absolute atomic E-state index is 13.4. The number of aromatic nitrogens is 4. The van der Waals surface area contributed by atoms with Gasteiger partial charge in [-0.3, -0.25) is 9.36 Å². The van der Waals surface area contributed by atoms with Crippen LogP contribution in [0.15, 0.2) is 53.7 Å². The molecule has 0 amide bonds.